The van der Waals surface area contributed by atoms with Crippen LogP contribution in [0.2, 0.25) is 0 Å². The van der Waals surface area contributed by atoms with Gasteiger partial charge in [-0.3, -0.25) is 4.79 Å². The Kier molecular flexibility index (Phi) is 6.13. The van der Waals surface area contributed by atoms with E-state index in [1.54, 1.807) is 19.1 Å². The highest BCUT2D eigenvalue weighted by Gasteiger charge is 2.28. The van der Waals surface area contributed by atoms with Crippen molar-refractivity contribution in [3.63, 3.8) is 0 Å². The van der Waals surface area contributed by atoms with E-state index in [4.69, 9.17) is 0 Å². The molecule has 1 unspecified atom stereocenters. The Morgan fingerprint density at radius 2 is 1.65 bits per heavy atom. The molecule has 0 aliphatic heterocycles. The summed E-state index contributed by atoms with van der Waals surface area (Å²) in [6.07, 6.45) is -4.38. The molecule has 4 nitrogen and oxygen atoms in total. The number of rotatable bonds is 6. The standard InChI is InChI=1S/C19H21F3N2O2/c1-12-5-4-6-13(2)17(12)24-18(25)14(3)23-15-7-9-16(10-8-15)26-11-19(20,21)22/h4-10,14,23H,11H2,1-3H3,(H,24,25). The lowest BCUT2D eigenvalue weighted by Gasteiger charge is -2.18. The quantitative estimate of drug-likeness (QED) is 0.780. The largest absolute Gasteiger partial charge is 0.484 e. The van der Waals surface area contributed by atoms with Crippen LogP contribution in [0.3, 0.4) is 0 Å². The van der Waals surface area contributed by atoms with E-state index >= 15 is 0 Å². The number of carbonyl (C=O) groups is 1. The maximum Gasteiger partial charge on any atom is 0.422 e. The number of ether oxygens (including phenoxy) is 1. The lowest BCUT2D eigenvalue weighted by molar-refractivity contribution is -0.153. The molecule has 0 aliphatic rings. The van der Waals surface area contributed by atoms with Gasteiger partial charge in [-0.2, -0.15) is 13.2 Å². The van der Waals surface area contributed by atoms with Crippen molar-refractivity contribution in [3.8, 4) is 5.75 Å². The third kappa shape index (κ3) is 5.68. The normalized spacial score (nSPS) is 12.4. The second kappa shape index (κ2) is 8.12. The maximum absolute atomic E-state index is 12.4. The van der Waals surface area contributed by atoms with E-state index in [9.17, 15) is 18.0 Å². The molecule has 0 fully saturated rings. The summed E-state index contributed by atoms with van der Waals surface area (Å²) in [6.45, 7) is 4.20. The summed E-state index contributed by atoms with van der Waals surface area (Å²) in [6, 6.07) is 11.2. The number of alkyl halides is 3. The number of benzene rings is 2. The monoisotopic (exact) mass is 366 g/mol. The second-order valence-electron chi connectivity index (χ2n) is 6.05. The van der Waals surface area contributed by atoms with Crippen molar-refractivity contribution in [1.29, 1.82) is 0 Å². The van der Waals surface area contributed by atoms with E-state index in [1.807, 2.05) is 32.0 Å². The molecule has 7 heteroatoms. The van der Waals surface area contributed by atoms with Crippen LogP contribution in [-0.2, 0) is 4.79 Å². The zero-order valence-corrected chi connectivity index (χ0v) is 14.8. The van der Waals surface area contributed by atoms with Gasteiger partial charge in [-0.25, -0.2) is 0 Å². The zero-order valence-electron chi connectivity index (χ0n) is 14.8. The Labute approximate surface area is 150 Å². The molecule has 0 radical (unpaired) electrons. The first-order valence-electron chi connectivity index (χ1n) is 8.09. The summed E-state index contributed by atoms with van der Waals surface area (Å²) in [5, 5.41) is 5.91. The Balaban J connectivity index is 1.94. The molecule has 2 N–H and O–H groups in total. The molecule has 140 valence electrons. The molecular weight excluding hydrogens is 345 g/mol. The lowest BCUT2D eigenvalue weighted by atomic mass is 10.1. The van der Waals surface area contributed by atoms with Crippen LogP contribution in [0.1, 0.15) is 18.1 Å². The highest BCUT2D eigenvalue weighted by Crippen LogP contribution is 2.22. The van der Waals surface area contributed by atoms with Crippen molar-refractivity contribution in [2.24, 2.45) is 0 Å². The predicted molar refractivity (Wildman–Crippen MR) is 95.6 cm³/mol. The average molecular weight is 366 g/mol. The first-order valence-corrected chi connectivity index (χ1v) is 8.09. The van der Waals surface area contributed by atoms with Gasteiger partial charge in [0.2, 0.25) is 5.91 Å². The van der Waals surface area contributed by atoms with E-state index < -0.39 is 18.8 Å². The fourth-order valence-electron chi connectivity index (χ4n) is 2.37. The molecule has 1 atom stereocenters. The summed E-state index contributed by atoms with van der Waals surface area (Å²) < 4.78 is 41.1. The van der Waals surface area contributed by atoms with Crippen LogP contribution in [0.4, 0.5) is 24.5 Å². The van der Waals surface area contributed by atoms with Crippen molar-refractivity contribution in [2.45, 2.75) is 33.0 Å². The second-order valence-corrected chi connectivity index (χ2v) is 6.05. The summed E-state index contributed by atoms with van der Waals surface area (Å²) in [5.74, 6) is -0.0969. The number of aryl methyl sites for hydroxylation is 2. The number of nitrogens with one attached hydrogen (secondary N) is 2. The van der Waals surface area contributed by atoms with Crippen LogP contribution in [0.25, 0.3) is 0 Å². The van der Waals surface area contributed by atoms with Crippen molar-refractivity contribution < 1.29 is 22.7 Å². The van der Waals surface area contributed by atoms with E-state index in [1.165, 1.54) is 12.1 Å². The Morgan fingerprint density at radius 1 is 1.08 bits per heavy atom. The summed E-state index contributed by atoms with van der Waals surface area (Å²) >= 11 is 0. The van der Waals surface area contributed by atoms with Crippen LogP contribution >= 0.6 is 0 Å². The van der Waals surface area contributed by atoms with Gasteiger partial charge in [-0.15, -0.1) is 0 Å². The van der Waals surface area contributed by atoms with Crippen LogP contribution < -0.4 is 15.4 Å². The predicted octanol–water partition coefficient (Wildman–Crippen LogP) is 4.68. The Bertz CT molecular complexity index is 738. The molecule has 2 rings (SSSR count). The fourth-order valence-corrected chi connectivity index (χ4v) is 2.37. The molecule has 1 amide bonds. The van der Waals surface area contributed by atoms with Crippen LogP contribution in [0.15, 0.2) is 42.5 Å². The number of amides is 1. The smallest absolute Gasteiger partial charge is 0.422 e. The van der Waals surface area contributed by atoms with E-state index in [-0.39, 0.29) is 11.7 Å². The minimum atomic E-state index is -4.38. The summed E-state index contributed by atoms with van der Waals surface area (Å²) in [7, 11) is 0. The van der Waals surface area contributed by atoms with Crippen molar-refractivity contribution in [2.75, 3.05) is 17.2 Å². The van der Waals surface area contributed by atoms with Crippen molar-refractivity contribution >= 4 is 17.3 Å². The average Bonchev–Trinajstić information content (AvgIpc) is 2.56. The highest BCUT2D eigenvalue weighted by molar-refractivity contribution is 5.97. The Hall–Kier alpha value is -2.70. The number of hydrogen-bond donors (Lipinski definition) is 2. The molecule has 0 saturated heterocycles. The molecule has 0 saturated carbocycles. The minimum absolute atomic E-state index is 0.112. The lowest BCUT2D eigenvalue weighted by Crippen LogP contribution is -2.32. The van der Waals surface area contributed by atoms with E-state index in [2.05, 4.69) is 15.4 Å². The Morgan fingerprint density at radius 3 is 2.19 bits per heavy atom. The SMILES string of the molecule is Cc1cccc(C)c1NC(=O)C(C)Nc1ccc(OCC(F)(F)F)cc1. The molecule has 2 aromatic carbocycles. The van der Waals surface area contributed by atoms with Gasteiger partial charge in [0, 0.05) is 11.4 Å². The molecule has 26 heavy (non-hydrogen) atoms. The number of para-hydroxylation sites is 1. The van der Waals surface area contributed by atoms with Gasteiger partial charge in [-0.05, 0) is 56.2 Å². The van der Waals surface area contributed by atoms with Crippen LogP contribution in [-0.4, -0.2) is 24.7 Å². The summed E-state index contributed by atoms with van der Waals surface area (Å²) in [4.78, 5) is 12.4. The molecule has 0 aromatic heterocycles. The van der Waals surface area contributed by atoms with Gasteiger partial charge in [-0.1, -0.05) is 18.2 Å². The van der Waals surface area contributed by atoms with Gasteiger partial charge in [0.15, 0.2) is 6.61 Å². The number of halogens is 3. The minimum Gasteiger partial charge on any atom is -0.484 e. The van der Waals surface area contributed by atoms with Gasteiger partial charge in [0.25, 0.3) is 0 Å². The molecule has 0 heterocycles. The number of hydrogen-bond acceptors (Lipinski definition) is 3. The molecule has 0 aliphatic carbocycles. The molecule has 2 aromatic rings. The van der Waals surface area contributed by atoms with Crippen LogP contribution in [0, 0.1) is 13.8 Å². The fraction of sp³-hybridized carbons (Fsp3) is 0.316. The van der Waals surface area contributed by atoms with Crippen LogP contribution in [0.5, 0.6) is 5.75 Å². The highest BCUT2D eigenvalue weighted by atomic mass is 19.4. The van der Waals surface area contributed by atoms with E-state index in [0.29, 0.717) is 5.69 Å². The third-order valence-electron chi connectivity index (χ3n) is 3.76. The number of carbonyl (C=O) groups excluding carboxylic acids is 1. The summed E-state index contributed by atoms with van der Waals surface area (Å²) in [5.41, 5.74) is 3.32. The first kappa shape index (κ1) is 19.6. The molecule has 0 bridgehead atoms. The molecule has 0 spiro atoms. The van der Waals surface area contributed by atoms with Gasteiger partial charge >= 0.3 is 6.18 Å². The van der Waals surface area contributed by atoms with Gasteiger partial charge < -0.3 is 15.4 Å². The first-order chi connectivity index (χ1) is 12.2. The van der Waals surface area contributed by atoms with Crippen molar-refractivity contribution in [3.05, 3.63) is 53.6 Å². The topological polar surface area (TPSA) is 50.4 Å². The molecular formula is C19H21F3N2O2. The van der Waals surface area contributed by atoms with Gasteiger partial charge in [0.1, 0.15) is 11.8 Å². The zero-order chi connectivity index (χ0) is 19.3. The van der Waals surface area contributed by atoms with Crippen molar-refractivity contribution in [1.82, 2.24) is 0 Å². The third-order valence-corrected chi connectivity index (χ3v) is 3.76. The van der Waals surface area contributed by atoms with Gasteiger partial charge in [0.05, 0.1) is 0 Å². The van der Waals surface area contributed by atoms with E-state index in [0.717, 1.165) is 16.8 Å². The maximum atomic E-state index is 12.4. The number of anilines is 2.